The predicted molar refractivity (Wildman–Crippen MR) is 128 cm³/mol. The first-order valence-corrected chi connectivity index (χ1v) is 10.9. The molecule has 4 aromatic rings. The highest BCUT2D eigenvalue weighted by molar-refractivity contribution is 6.02. The Balaban J connectivity index is 1.26. The van der Waals surface area contributed by atoms with E-state index in [2.05, 4.69) is 5.32 Å². The summed E-state index contributed by atoms with van der Waals surface area (Å²) in [5.74, 6) is 2.38. The van der Waals surface area contributed by atoms with Gasteiger partial charge in [0.25, 0.3) is 11.6 Å². The number of amides is 1. The van der Waals surface area contributed by atoms with Crippen molar-refractivity contribution in [3.05, 3.63) is 100.0 Å². The van der Waals surface area contributed by atoms with Crippen LogP contribution >= 0.6 is 0 Å². The molecule has 0 saturated carbocycles. The molecular formula is C26H20N2O8. The van der Waals surface area contributed by atoms with Crippen LogP contribution in [0.3, 0.4) is 0 Å². The lowest BCUT2D eigenvalue weighted by atomic mass is 10.2. The van der Waals surface area contributed by atoms with E-state index in [1.54, 1.807) is 36.4 Å². The molecule has 1 aliphatic heterocycles. The minimum Gasteiger partial charge on any atom is -0.486 e. The van der Waals surface area contributed by atoms with Crippen LogP contribution < -0.4 is 24.3 Å². The number of ether oxygens (including phenoxy) is 4. The highest BCUT2D eigenvalue weighted by Crippen LogP contribution is 2.35. The van der Waals surface area contributed by atoms with Gasteiger partial charge in [0.2, 0.25) is 6.79 Å². The molecule has 0 radical (unpaired) electrons. The minimum atomic E-state index is -0.577. The topological polar surface area (TPSA) is 122 Å². The maximum absolute atomic E-state index is 12.7. The van der Waals surface area contributed by atoms with Gasteiger partial charge in [0.15, 0.2) is 17.3 Å². The van der Waals surface area contributed by atoms with Crippen molar-refractivity contribution in [1.82, 2.24) is 0 Å². The van der Waals surface area contributed by atoms with E-state index >= 15 is 0 Å². The molecule has 0 bridgehead atoms. The summed E-state index contributed by atoms with van der Waals surface area (Å²) >= 11 is 0. The summed E-state index contributed by atoms with van der Waals surface area (Å²) < 4.78 is 27.7. The monoisotopic (exact) mass is 488 g/mol. The zero-order valence-electron chi connectivity index (χ0n) is 19.1. The highest BCUT2D eigenvalue weighted by atomic mass is 16.7. The lowest BCUT2D eigenvalue weighted by Gasteiger charge is -2.09. The molecule has 0 saturated heterocycles. The van der Waals surface area contributed by atoms with Crippen molar-refractivity contribution >= 4 is 17.3 Å². The van der Waals surface area contributed by atoms with E-state index in [0.29, 0.717) is 28.8 Å². The van der Waals surface area contributed by atoms with Crippen LogP contribution in [0.25, 0.3) is 0 Å². The second kappa shape index (κ2) is 9.71. The van der Waals surface area contributed by atoms with E-state index in [4.69, 9.17) is 23.4 Å². The highest BCUT2D eigenvalue weighted by Gasteiger charge is 2.17. The first kappa shape index (κ1) is 22.8. The third-order valence-corrected chi connectivity index (χ3v) is 5.20. The summed E-state index contributed by atoms with van der Waals surface area (Å²) in [6, 6.07) is 19.6. The van der Waals surface area contributed by atoms with E-state index in [1.165, 1.54) is 24.3 Å². The third kappa shape index (κ3) is 5.22. The molecule has 1 aliphatic rings. The predicted octanol–water partition coefficient (Wildman–Crippen LogP) is 5.85. The smallest absolute Gasteiger partial charge is 0.291 e. The Morgan fingerprint density at radius 1 is 0.972 bits per heavy atom. The Labute approximate surface area is 205 Å². The second-order valence-electron chi connectivity index (χ2n) is 7.92. The number of hydrogen-bond acceptors (Lipinski definition) is 8. The van der Waals surface area contributed by atoms with Crippen molar-refractivity contribution in [3.8, 4) is 28.7 Å². The molecule has 10 nitrogen and oxygen atoms in total. The molecule has 36 heavy (non-hydrogen) atoms. The van der Waals surface area contributed by atoms with Gasteiger partial charge in [0, 0.05) is 18.2 Å². The van der Waals surface area contributed by atoms with Crippen molar-refractivity contribution in [2.75, 3.05) is 12.1 Å². The normalized spacial score (nSPS) is 11.7. The lowest BCUT2D eigenvalue weighted by molar-refractivity contribution is -0.384. The number of hydrogen-bond donors (Lipinski definition) is 1. The quantitative estimate of drug-likeness (QED) is 0.242. The summed E-state index contributed by atoms with van der Waals surface area (Å²) in [4.78, 5) is 23.6. The number of benzene rings is 3. The van der Waals surface area contributed by atoms with Gasteiger partial charge >= 0.3 is 0 Å². The molecule has 0 unspecified atom stereocenters. The minimum absolute atomic E-state index is 0.0203. The summed E-state index contributed by atoms with van der Waals surface area (Å²) in [5, 5.41) is 14.0. The molecule has 5 rings (SSSR count). The Morgan fingerprint density at radius 3 is 2.67 bits per heavy atom. The first-order valence-electron chi connectivity index (χ1n) is 10.9. The van der Waals surface area contributed by atoms with Gasteiger partial charge in [-0.3, -0.25) is 14.9 Å². The van der Waals surface area contributed by atoms with Crippen molar-refractivity contribution in [1.29, 1.82) is 0 Å². The van der Waals surface area contributed by atoms with Gasteiger partial charge in [-0.25, -0.2) is 0 Å². The molecule has 3 aromatic carbocycles. The van der Waals surface area contributed by atoms with Crippen molar-refractivity contribution in [2.24, 2.45) is 0 Å². The van der Waals surface area contributed by atoms with Crippen molar-refractivity contribution in [2.45, 2.75) is 13.5 Å². The summed E-state index contributed by atoms with van der Waals surface area (Å²) in [7, 11) is 0. The summed E-state index contributed by atoms with van der Waals surface area (Å²) in [6.07, 6.45) is 0. The number of non-ortho nitro benzene ring substituents is 1. The van der Waals surface area contributed by atoms with E-state index in [9.17, 15) is 14.9 Å². The van der Waals surface area contributed by atoms with Gasteiger partial charge in [-0.05, 0) is 48.9 Å². The molecule has 2 heterocycles. The lowest BCUT2D eigenvalue weighted by Crippen LogP contribution is -2.11. The van der Waals surface area contributed by atoms with Crippen LogP contribution in [-0.4, -0.2) is 17.6 Å². The Kier molecular flexibility index (Phi) is 6.14. The molecule has 10 heteroatoms. The number of nitro groups is 1. The Bertz CT molecular complexity index is 1450. The van der Waals surface area contributed by atoms with E-state index in [1.807, 2.05) is 19.1 Å². The van der Waals surface area contributed by atoms with Gasteiger partial charge in [0.05, 0.1) is 16.7 Å². The third-order valence-electron chi connectivity index (χ3n) is 5.20. The fourth-order valence-corrected chi connectivity index (χ4v) is 3.53. The molecule has 1 aromatic heterocycles. The summed E-state index contributed by atoms with van der Waals surface area (Å²) in [6.45, 7) is 2.15. The van der Waals surface area contributed by atoms with Crippen LogP contribution in [0.4, 0.5) is 11.4 Å². The number of nitrogens with zero attached hydrogens (tertiary/aromatic N) is 1. The van der Waals surface area contributed by atoms with Gasteiger partial charge < -0.3 is 28.7 Å². The number of fused-ring (bicyclic) bond motifs is 1. The SMILES string of the molecule is Cc1cccc(Oc2cc(NC(=O)c3ccc(COc4ccc5c(c4)OCO5)o3)cc([N+](=O)[O-])c2)c1. The molecule has 0 atom stereocenters. The van der Waals surface area contributed by atoms with Crippen LogP contribution in [0, 0.1) is 17.0 Å². The van der Waals surface area contributed by atoms with Gasteiger partial charge in [-0.2, -0.15) is 0 Å². The Morgan fingerprint density at radius 2 is 1.83 bits per heavy atom. The Hall–Kier alpha value is -4.99. The molecule has 182 valence electrons. The van der Waals surface area contributed by atoms with Gasteiger partial charge in [0.1, 0.15) is 29.6 Å². The molecular weight excluding hydrogens is 468 g/mol. The maximum atomic E-state index is 12.7. The standard InChI is InChI=1S/C26H20N2O8/c1-16-3-2-4-20(9-16)35-22-11-17(10-18(12-22)28(30)31)27-26(29)24-8-6-21(36-24)14-32-19-5-7-23-25(13-19)34-15-33-23/h2-13H,14-15H2,1H3,(H,27,29). The number of anilines is 1. The van der Waals surface area contributed by atoms with Crippen LogP contribution in [0.1, 0.15) is 21.9 Å². The first-order chi connectivity index (χ1) is 17.4. The number of aryl methyl sites for hydroxylation is 1. The van der Waals surface area contributed by atoms with Crippen LogP contribution in [0.15, 0.2) is 77.2 Å². The number of furan rings is 1. The summed E-state index contributed by atoms with van der Waals surface area (Å²) in [5.41, 5.74) is 0.932. The number of rotatable bonds is 8. The van der Waals surface area contributed by atoms with Crippen molar-refractivity contribution < 1.29 is 33.1 Å². The van der Waals surface area contributed by atoms with Crippen molar-refractivity contribution in [3.63, 3.8) is 0 Å². The number of nitrogens with one attached hydrogen (secondary N) is 1. The molecule has 0 aliphatic carbocycles. The number of carbonyl (C=O) groups excluding carboxylic acids is 1. The molecule has 0 spiro atoms. The van der Waals surface area contributed by atoms with Crippen LogP contribution in [-0.2, 0) is 6.61 Å². The average Bonchev–Trinajstić information content (AvgIpc) is 3.52. The zero-order valence-corrected chi connectivity index (χ0v) is 19.1. The number of carbonyl (C=O) groups is 1. The average molecular weight is 488 g/mol. The largest absolute Gasteiger partial charge is 0.486 e. The molecule has 0 fully saturated rings. The van der Waals surface area contributed by atoms with E-state index < -0.39 is 10.8 Å². The molecule has 1 amide bonds. The fourth-order valence-electron chi connectivity index (χ4n) is 3.53. The van der Waals surface area contributed by atoms with E-state index in [-0.39, 0.29) is 36.3 Å². The van der Waals surface area contributed by atoms with Gasteiger partial charge in [-0.15, -0.1) is 0 Å². The number of nitro benzene ring substituents is 1. The second-order valence-corrected chi connectivity index (χ2v) is 7.92. The maximum Gasteiger partial charge on any atom is 0.291 e. The van der Waals surface area contributed by atoms with Crippen LogP contribution in [0.5, 0.6) is 28.7 Å². The molecule has 1 N–H and O–H groups in total. The van der Waals surface area contributed by atoms with Gasteiger partial charge in [-0.1, -0.05) is 12.1 Å². The zero-order chi connectivity index (χ0) is 25.1. The van der Waals surface area contributed by atoms with E-state index in [0.717, 1.165) is 5.56 Å². The fraction of sp³-hybridized carbons (Fsp3) is 0.115. The van der Waals surface area contributed by atoms with Crippen LogP contribution in [0.2, 0.25) is 0 Å².